The van der Waals surface area contributed by atoms with Crippen molar-refractivity contribution >= 4 is 5.97 Å². The Labute approximate surface area is 111 Å². The Morgan fingerprint density at radius 2 is 1.90 bits per heavy atom. The maximum atomic E-state index is 12.0. The fourth-order valence-corrected chi connectivity index (χ4v) is 1.39. The zero-order valence-electron chi connectivity index (χ0n) is 10.1. The van der Waals surface area contributed by atoms with Crippen molar-refractivity contribution in [2.45, 2.75) is 18.6 Å². The summed E-state index contributed by atoms with van der Waals surface area (Å²) in [6.07, 6.45) is -8.78. The van der Waals surface area contributed by atoms with Crippen LogP contribution in [-0.4, -0.2) is 40.9 Å². The van der Waals surface area contributed by atoms with E-state index < -0.39 is 36.0 Å². The highest BCUT2D eigenvalue weighted by Crippen LogP contribution is 2.32. The summed E-state index contributed by atoms with van der Waals surface area (Å²) in [6.45, 7) is 0. The molecule has 0 heterocycles. The zero-order chi connectivity index (χ0) is 15.5. The number of benzene rings is 1. The number of hydrogen-bond donors (Lipinski definition) is 3. The van der Waals surface area contributed by atoms with E-state index in [9.17, 15) is 33.3 Å². The van der Waals surface area contributed by atoms with Gasteiger partial charge in [0.2, 0.25) is 0 Å². The van der Waals surface area contributed by atoms with Gasteiger partial charge in [0, 0.05) is 11.6 Å². The standard InChI is InChI=1S/C11H11F3O6/c1-19-10(18)9(17)8(16)6-3-2-5(4-7(6)15)20-11(12,13)14/h2-4,8-9,15-17H,1H3. The summed E-state index contributed by atoms with van der Waals surface area (Å²) in [5, 5.41) is 28.5. The van der Waals surface area contributed by atoms with Gasteiger partial charge < -0.3 is 24.8 Å². The first-order valence-corrected chi connectivity index (χ1v) is 5.18. The highest BCUT2D eigenvalue weighted by molar-refractivity contribution is 5.75. The molecule has 6 nitrogen and oxygen atoms in total. The third-order valence-corrected chi connectivity index (χ3v) is 2.30. The Morgan fingerprint density at radius 1 is 1.30 bits per heavy atom. The van der Waals surface area contributed by atoms with Crippen LogP contribution in [0.25, 0.3) is 0 Å². The Hall–Kier alpha value is -2.00. The number of phenols is 1. The van der Waals surface area contributed by atoms with Gasteiger partial charge in [0.25, 0.3) is 0 Å². The first-order valence-electron chi connectivity index (χ1n) is 5.18. The van der Waals surface area contributed by atoms with E-state index in [1.165, 1.54) is 0 Å². The minimum Gasteiger partial charge on any atom is -0.507 e. The van der Waals surface area contributed by atoms with E-state index >= 15 is 0 Å². The highest BCUT2D eigenvalue weighted by atomic mass is 19.4. The Morgan fingerprint density at radius 3 is 2.35 bits per heavy atom. The Bertz CT molecular complexity index is 488. The van der Waals surface area contributed by atoms with Gasteiger partial charge in [-0.25, -0.2) is 4.79 Å². The number of phenolic OH excluding ortho intramolecular Hbond substituents is 1. The second kappa shape index (κ2) is 5.97. The van der Waals surface area contributed by atoms with Crippen LogP contribution in [0.1, 0.15) is 11.7 Å². The molecule has 0 aliphatic heterocycles. The van der Waals surface area contributed by atoms with Crippen LogP contribution in [0.3, 0.4) is 0 Å². The molecule has 3 N–H and O–H groups in total. The second-order valence-corrected chi connectivity index (χ2v) is 3.68. The third-order valence-electron chi connectivity index (χ3n) is 2.30. The smallest absolute Gasteiger partial charge is 0.507 e. The summed E-state index contributed by atoms with van der Waals surface area (Å²) < 4.78 is 43.6. The molecule has 0 spiro atoms. The van der Waals surface area contributed by atoms with Gasteiger partial charge in [-0.05, 0) is 12.1 Å². The molecule has 2 unspecified atom stereocenters. The molecule has 0 fully saturated rings. The van der Waals surface area contributed by atoms with Gasteiger partial charge in [0.1, 0.15) is 17.6 Å². The van der Waals surface area contributed by atoms with Crippen LogP contribution in [0.15, 0.2) is 18.2 Å². The summed E-state index contributed by atoms with van der Waals surface area (Å²) >= 11 is 0. The number of ether oxygens (including phenoxy) is 2. The molecule has 20 heavy (non-hydrogen) atoms. The number of alkyl halides is 3. The molecule has 0 saturated heterocycles. The SMILES string of the molecule is COC(=O)C(O)C(O)c1ccc(OC(F)(F)F)cc1O. The van der Waals surface area contributed by atoms with Crippen LogP contribution in [0.2, 0.25) is 0 Å². The van der Waals surface area contributed by atoms with E-state index in [1.807, 2.05) is 0 Å². The van der Waals surface area contributed by atoms with E-state index in [1.54, 1.807) is 0 Å². The minimum atomic E-state index is -4.93. The number of aliphatic hydroxyl groups excluding tert-OH is 2. The molecule has 0 saturated carbocycles. The lowest BCUT2D eigenvalue weighted by Crippen LogP contribution is -2.29. The van der Waals surface area contributed by atoms with Crippen molar-refractivity contribution in [2.24, 2.45) is 0 Å². The number of aliphatic hydroxyl groups is 2. The van der Waals surface area contributed by atoms with Gasteiger partial charge in [-0.3, -0.25) is 0 Å². The monoisotopic (exact) mass is 296 g/mol. The number of methoxy groups -OCH3 is 1. The largest absolute Gasteiger partial charge is 0.573 e. The summed E-state index contributed by atoms with van der Waals surface area (Å²) in [6, 6.07) is 2.29. The van der Waals surface area contributed by atoms with Gasteiger partial charge in [0.15, 0.2) is 6.10 Å². The predicted octanol–water partition coefficient (Wildman–Crippen LogP) is 0.858. The topological polar surface area (TPSA) is 96.2 Å². The first-order chi connectivity index (χ1) is 9.15. The second-order valence-electron chi connectivity index (χ2n) is 3.68. The maximum absolute atomic E-state index is 12.0. The fourth-order valence-electron chi connectivity index (χ4n) is 1.39. The van der Waals surface area contributed by atoms with Gasteiger partial charge in [0.05, 0.1) is 7.11 Å². The number of carbonyl (C=O) groups is 1. The van der Waals surface area contributed by atoms with Gasteiger partial charge in [-0.1, -0.05) is 0 Å². The molecule has 2 atom stereocenters. The number of halogens is 3. The number of rotatable bonds is 4. The number of aromatic hydroxyl groups is 1. The maximum Gasteiger partial charge on any atom is 0.573 e. The average Bonchev–Trinajstić information content (AvgIpc) is 2.34. The van der Waals surface area contributed by atoms with Gasteiger partial charge in [-0.15, -0.1) is 13.2 Å². The molecular formula is C11H11F3O6. The molecule has 1 rings (SSSR count). The molecule has 0 amide bonds. The van der Waals surface area contributed by atoms with Gasteiger partial charge in [-0.2, -0.15) is 0 Å². The van der Waals surface area contributed by atoms with E-state index in [4.69, 9.17) is 0 Å². The van der Waals surface area contributed by atoms with Crippen LogP contribution >= 0.6 is 0 Å². The molecule has 112 valence electrons. The third kappa shape index (κ3) is 4.00. The van der Waals surface area contributed by atoms with Crippen molar-refractivity contribution in [1.29, 1.82) is 0 Å². The number of hydrogen-bond acceptors (Lipinski definition) is 6. The van der Waals surface area contributed by atoms with E-state index in [0.717, 1.165) is 19.2 Å². The number of carbonyl (C=O) groups excluding carboxylic acids is 1. The van der Waals surface area contributed by atoms with Crippen molar-refractivity contribution in [3.8, 4) is 11.5 Å². The van der Waals surface area contributed by atoms with Crippen LogP contribution < -0.4 is 4.74 Å². The van der Waals surface area contributed by atoms with Crippen molar-refractivity contribution in [3.05, 3.63) is 23.8 Å². The number of esters is 1. The van der Waals surface area contributed by atoms with Crippen LogP contribution in [-0.2, 0) is 9.53 Å². The van der Waals surface area contributed by atoms with Gasteiger partial charge >= 0.3 is 12.3 Å². The van der Waals surface area contributed by atoms with Crippen LogP contribution in [0.4, 0.5) is 13.2 Å². The highest BCUT2D eigenvalue weighted by Gasteiger charge is 2.32. The lowest BCUT2D eigenvalue weighted by atomic mass is 10.0. The zero-order valence-corrected chi connectivity index (χ0v) is 10.1. The Balaban J connectivity index is 2.95. The van der Waals surface area contributed by atoms with Crippen LogP contribution in [0.5, 0.6) is 11.5 Å². The lowest BCUT2D eigenvalue weighted by Gasteiger charge is -2.18. The summed E-state index contributed by atoms with van der Waals surface area (Å²) in [4.78, 5) is 11.0. The average molecular weight is 296 g/mol. The quantitative estimate of drug-likeness (QED) is 0.713. The van der Waals surface area contributed by atoms with Crippen molar-refractivity contribution in [1.82, 2.24) is 0 Å². The van der Waals surface area contributed by atoms with Crippen molar-refractivity contribution in [2.75, 3.05) is 7.11 Å². The lowest BCUT2D eigenvalue weighted by molar-refractivity contribution is -0.274. The van der Waals surface area contributed by atoms with E-state index in [-0.39, 0.29) is 5.56 Å². The first kappa shape index (κ1) is 16.1. The Kier molecular flexibility index (Phi) is 4.79. The fraction of sp³-hybridized carbons (Fsp3) is 0.364. The molecule has 0 radical (unpaired) electrons. The normalized spacial score (nSPS) is 14.5. The summed E-state index contributed by atoms with van der Waals surface area (Å²) in [5.74, 6) is -2.65. The molecule has 1 aromatic carbocycles. The van der Waals surface area contributed by atoms with Crippen molar-refractivity contribution in [3.63, 3.8) is 0 Å². The summed E-state index contributed by atoms with van der Waals surface area (Å²) in [7, 11) is 0.971. The molecule has 1 aromatic rings. The van der Waals surface area contributed by atoms with E-state index in [2.05, 4.69) is 9.47 Å². The molecule has 0 aromatic heterocycles. The summed E-state index contributed by atoms with van der Waals surface area (Å²) in [5.41, 5.74) is -0.350. The molecular weight excluding hydrogens is 285 g/mol. The molecule has 0 aliphatic rings. The van der Waals surface area contributed by atoms with Crippen molar-refractivity contribution < 1.29 is 42.8 Å². The minimum absolute atomic E-state index is 0.350. The molecule has 0 bridgehead atoms. The predicted molar refractivity (Wildman–Crippen MR) is 57.8 cm³/mol. The van der Waals surface area contributed by atoms with Crippen LogP contribution in [0, 0.1) is 0 Å². The molecule has 0 aliphatic carbocycles. The molecule has 9 heteroatoms. The van der Waals surface area contributed by atoms with E-state index in [0.29, 0.717) is 6.07 Å².